The SMILES string of the molecule is CN(C(=O)Cn1nc(Cl)c2oc(C(=O)N3CCCC3)cc2c1=O)c1ccc2c(c1)OC(F)(F)O2. The maximum Gasteiger partial charge on any atom is 0.586 e. The topological polar surface area (TPSA) is 107 Å². The van der Waals surface area contributed by atoms with Gasteiger partial charge in [0.15, 0.2) is 28.0 Å². The highest BCUT2D eigenvalue weighted by atomic mass is 35.5. The standard InChI is InChI=1S/C21H17ClF2N4O6/c1-26(11-4-5-13-14(8-11)34-21(23,24)33-13)16(29)10-28-19(30)12-9-15(32-17(12)18(22)25-28)20(31)27-6-2-3-7-27/h4-5,8-9H,2-3,6-7,10H2,1H3. The van der Waals surface area contributed by atoms with Gasteiger partial charge in [-0.05, 0) is 25.0 Å². The molecule has 5 rings (SSSR count). The number of anilines is 1. The highest BCUT2D eigenvalue weighted by molar-refractivity contribution is 6.33. The van der Waals surface area contributed by atoms with Gasteiger partial charge in [-0.25, -0.2) is 4.68 Å². The first-order chi connectivity index (χ1) is 16.1. The molecule has 0 spiro atoms. The molecule has 178 valence electrons. The molecule has 0 saturated carbocycles. The average Bonchev–Trinajstić information content (AvgIpc) is 3.53. The van der Waals surface area contributed by atoms with E-state index in [0.717, 1.165) is 22.4 Å². The maximum atomic E-state index is 13.2. The number of hydrogen-bond donors (Lipinski definition) is 0. The number of carbonyl (C=O) groups excluding carboxylic acids is 2. The number of rotatable bonds is 4. The van der Waals surface area contributed by atoms with E-state index in [1.165, 1.54) is 31.3 Å². The van der Waals surface area contributed by atoms with Crippen molar-refractivity contribution in [2.75, 3.05) is 25.0 Å². The largest absolute Gasteiger partial charge is 0.586 e. The van der Waals surface area contributed by atoms with Crippen LogP contribution in [-0.2, 0) is 11.3 Å². The van der Waals surface area contributed by atoms with Gasteiger partial charge in [-0.3, -0.25) is 14.4 Å². The van der Waals surface area contributed by atoms with Gasteiger partial charge in [-0.1, -0.05) is 11.6 Å². The predicted octanol–water partition coefficient (Wildman–Crippen LogP) is 2.86. The fourth-order valence-corrected chi connectivity index (χ4v) is 4.08. The van der Waals surface area contributed by atoms with Gasteiger partial charge < -0.3 is 23.7 Å². The van der Waals surface area contributed by atoms with E-state index in [0.29, 0.717) is 13.1 Å². The second-order valence-corrected chi connectivity index (χ2v) is 8.22. The second kappa shape index (κ2) is 7.97. The molecule has 4 heterocycles. The zero-order valence-electron chi connectivity index (χ0n) is 17.7. The first-order valence-corrected chi connectivity index (χ1v) is 10.7. The van der Waals surface area contributed by atoms with Crippen LogP contribution in [0.25, 0.3) is 11.0 Å². The van der Waals surface area contributed by atoms with Crippen molar-refractivity contribution in [3.8, 4) is 11.5 Å². The summed E-state index contributed by atoms with van der Waals surface area (Å²) in [5.74, 6) is -1.36. The van der Waals surface area contributed by atoms with E-state index in [2.05, 4.69) is 14.6 Å². The minimum atomic E-state index is -3.79. The molecule has 1 aromatic carbocycles. The lowest BCUT2D eigenvalue weighted by Gasteiger charge is -2.18. The van der Waals surface area contributed by atoms with Crippen molar-refractivity contribution < 1.29 is 32.3 Å². The van der Waals surface area contributed by atoms with Crippen LogP contribution in [0.15, 0.2) is 33.5 Å². The van der Waals surface area contributed by atoms with Crippen molar-refractivity contribution in [2.45, 2.75) is 25.7 Å². The van der Waals surface area contributed by atoms with Crippen LogP contribution in [-0.4, -0.2) is 52.9 Å². The van der Waals surface area contributed by atoms with Gasteiger partial charge in [0.25, 0.3) is 11.5 Å². The fraction of sp³-hybridized carbons (Fsp3) is 0.333. The van der Waals surface area contributed by atoms with Gasteiger partial charge >= 0.3 is 6.29 Å². The van der Waals surface area contributed by atoms with Gasteiger partial charge in [-0.15, -0.1) is 8.78 Å². The summed E-state index contributed by atoms with van der Waals surface area (Å²) in [6.45, 7) is 0.699. The van der Waals surface area contributed by atoms with Crippen LogP contribution in [0.2, 0.25) is 5.15 Å². The number of fused-ring (bicyclic) bond motifs is 2. The van der Waals surface area contributed by atoms with Crippen LogP contribution in [0, 0.1) is 0 Å². The number of benzene rings is 1. The molecule has 3 aromatic rings. The first kappa shape index (κ1) is 22.1. The number of halogens is 3. The van der Waals surface area contributed by atoms with Gasteiger partial charge in [0.1, 0.15) is 6.54 Å². The molecular weight excluding hydrogens is 478 g/mol. The summed E-state index contributed by atoms with van der Waals surface area (Å²) >= 11 is 6.17. The number of ether oxygens (including phenoxy) is 2. The quantitative estimate of drug-likeness (QED) is 0.549. The Morgan fingerprint density at radius 2 is 1.88 bits per heavy atom. The van der Waals surface area contributed by atoms with Crippen molar-refractivity contribution >= 4 is 40.1 Å². The summed E-state index contributed by atoms with van der Waals surface area (Å²) in [4.78, 5) is 41.1. The highest BCUT2D eigenvalue weighted by Crippen LogP contribution is 2.42. The molecule has 0 aliphatic carbocycles. The Balaban J connectivity index is 1.39. The van der Waals surface area contributed by atoms with Crippen LogP contribution >= 0.6 is 11.6 Å². The molecule has 13 heteroatoms. The first-order valence-electron chi connectivity index (χ1n) is 10.3. The van der Waals surface area contributed by atoms with E-state index < -0.39 is 24.3 Å². The lowest BCUT2D eigenvalue weighted by atomic mass is 10.2. The smallest absolute Gasteiger partial charge is 0.447 e. The number of alkyl halides is 2. The normalized spacial score (nSPS) is 16.3. The number of amides is 2. The second-order valence-electron chi connectivity index (χ2n) is 7.86. The zero-order valence-corrected chi connectivity index (χ0v) is 18.5. The molecule has 10 nitrogen and oxygen atoms in total. The summed E-state index contributed by atoms with van der Waals surface area (Å²) in [7, 11) is 1.40. The van der Waals surface area contributed by atoms with Crippen molar-refractivity contribution in [2.24, 2.45) is 0 Å². The molecule has 0 unspecified atom stereocenters. The third-order valence-corrected chi connectivity index (χ3v) is 5.88. The van der Waals surface area contributed by atoms with E-state index >= 15 is 0 Å². The third-order valence-electron chi connectivity index (χ3n) is 5.63. The molecule has 0 bridgehead atoms. The van der Waals surface area contributed by atoms with Crippen LogP contribution in [0.3, 0.4) is 0 Å². The van der Waals surface area contributed by atoms with E-state index in [-0.39, 0.29) is 45.0 Å². The molecule has 1 saturated heterocycles. The average molecular weight is 495 g/mol. The van der Waals surface area contributed by atoms with Crippen molar-refractivity contribution in [1.29, 1.82) is 0 Å². The Morgan fingerprint density at radius 1 is 1.18 bits per heavy atom. The fourth-order valence-electron chi connectivity index (χ4n) is 3.85. The molecule has 2 aliphatic heterocycles. The van der Waals surface area contributed by atoms with Crippen LogP contribution in [0.5, 0.6) is 11.5 Å². The number of aromatic nitrogens is 2. The number of furan rings is 1. The van der Waals surface area contributed by atoms with Crippen molar-refractivity contribution in [3.63, 3.8) is 0 Å². The molecule has 1 fully saturated rings. The zero-order chi connectivity index (χ0) is 24.2. The van der Waals surface area contributed by atoms with E-state index in [1.807, 2.05) is 0 Å². The Labute approximate surface area is 195 Å². The summed E-state index contributed by atoms with van der Waals surface area (Å²) in [6.07, 6.45) is -2.00. The molecule has 0 atom stereocenters. The Kier molecular flexibility index (Phi) is 5.19. The van der Waals surface area contributed by atoms with E-state index in [9.17, 15) is 23.2 Å². The molecule has 34 heavy (non-hydrogen) atoms. The number of nitrogens with zero attached hydrogens (tertiary/aromatic N) is 4. The third kappa shape index (κ3) is 3.83. The van der Waals surface area contributed by atoms with E-state index in [4.69, 9.17) is 16.0 Å². The molecule has 2 aromatic heterocycles. The number of likely N-dealkylation sites (tertiary alicyclic amines) is 1. The summed E-state index contributed by atoms with van der Waals surface area (Å²) in [5.41, 5.74) is -0.481. The lowest BCUT2D eigenvalue weighted by molar-refractivity contribution is -0.286. The molecule has 2 aliphatic rings. The predicted molar refractivity (Wildman–Crippen MR) is 114 cm³/mol. The molecular formula is C21H17ClF2N4O6. The summed E-state index contributed by atoms with van der Waals surface area (Å²) < 4.78 is 41.6. The van der Waals surface area contributed by atoms with Crippen LogP contribution in [0.1, 0.15) is 23.4 Å². The van der Waals surface area contributed by atoms with Gasteiger partial charge in [0, 0.05) is 38.0 Å². The Bertz CT molecular complexity index is 1380. The molecule has 0 N–H and O–H groups in total. The Hall–Kier alpha value is -3.67. The van der Waals surface area contributed by atoms with Crippen LogP contribution < -0.4 is 19.9 Å². The van der Waals surface area contributed by atoms with Crippen LogP contribution in [0.4, 0.5) is 14.5 Å². The number of hydrogen-bond acceptors (Lipinski definition) is 7. The monoisotopic (exact) mass is 494 g/mol. The number of carbonyl (C=O) groups is 2. The minimum Gasteiger partial charge on any atom is -0.447 e. The minimum absolute atomic E-state index is 0.0170. The van der Waals surface area contributed by atoms with Gasteiger partial charge in [0.05, 0.1) is 5.39 Å². The summed E-state index contributed by atoms with van der Waals surface area (Å²) in [5, 5.41) is 3.76. The van der Waals surface area contributed by atoms with Gasteiger partial charge in [0.2, 0.25) is 5.91 Å². The molecule has 0 radical (unpaired) electrons. The van der Waals surface area contributed by atoms with Crippen molar-refractivity contribution in [1.82, 2.24) is 14.7 Å². The highest BCUT2D eigenvalue weighted by Gasteiger charge is 2.43. The Morgan fingerprint density at radius 3 is 2.62 bits per heavy atom. The number of likely N-dealkylation sites (N-methyl/N-ethyl adjacent to an activating group) is 1. The van der Waals surface area contributed by atoms with Crippen molar-refractivity contribution in [3.05, 3.63) is 45.5 Å². The maximum absolute atomic E-state index is 13.2. The van der Waals surface area contributed by atoms with E-state index in [1.54, 1.807) is 4.90 Å². The van der Waals surface area contributed by atoms with Gasteiger partial charge in [-0.2, -0.15) is 5.10 Å². The molecule has 2 amide bonds. The lowest BCUT2D eigenvalue weighted by Crippen LogP contribution is -2.35. The summed E-state index contributed by atoms with van der Waals surface area (Å²) in [6, 6.07) is 5.15.